The second-order valence-corrected chi connectivity index (χ2v) is 3.95. The Labute approximate surface area is 99.8 Å². The van der Waals surface area contributed by atoms with E-state index in [1.807, 2.05) is 0 Å². The highest BCUT2D eigenvalue weighted by molar-refractivity contribution is 4.49. The van der Waals surface area contributed by atoms with E-state index in [4.69, 9.17) is 10.1 Å². The molecule has 0 aliphatic carbocycles. The molecular formula is C12H28N2O2. The third-order valence-electron chi connectivity index (χ3n) is 2.41. The van der Waals surface area contributed by atoms with E-state index in [1.165, 1.54) is 69.8 Å². The zero-order valence-electron chi connectivity index (χ0n) is 10.9. The topological polar surface area (TPSA) is 61.7 Å². The van der Waals surface area contributed by atoms with E-state index >= 15 is 0 Å². The lowest BCUT2D eigenvalue weighted by atomic mass is 10.2. The largest absolute Gasteiger partial charge is 0.379 e. The quantitative estimate of drug-likeness (QED) is 0.341. The fourth-order valence-corrected chi connectivity index (χ4v) is 1.48. The second kappa shape index (κ2) is 19.9. The lowest BCUT2D eigenvalue weighted by Gasteiger charge is -2.03. The zero-order valence-corrected chi connectivity index (χ0v) is 10.9. The van der Waals surface area contributed by atoms with Gasteiger partial charge < -0.3 is 10.5 Å². The molecule has 0 aliphatic rings. The number of nitrogens with zero attached hydrogens (tertiary/aromatic N) is 1. The molecule has 0 saturated heterocycles. The SMILES string of the molecule is CCCCCCNCCCCCC.O=NO. The van der Waals surface area contributed by atoms with Gasteiger partial charge in [0.15, 0.2) is 5.34 Å². The predicted molar refractivity (Wildman–Crippen MR) is 68.7 cm³/mol. The van der Waals surface area contributed by atoms with Gasteiger partial charge in [0, 0.05) is 0 Å². The van der Waals surface area contributed by atoms with Gasteiger partial charge in [-0.2, -0.15) is 0 Å². The standard InChI is InChI=1S/C12H27N.HNO2/c1-3-5-7-9-11-13-12-10-8-6-4-2;2-1-3/h13H,3-12H2,1-2H3;(H,2,3). The van der Waals surface area contributed by atoms with Gasteiger partial charge >= 0.3 is 0 Å². The molecule has 0 aliphatic heterocycles. The van der Waals surface area contributed by atoms with Gasteiger partial charge in [0.05, 0.1) is 0 Å². The fraction of sp³-hybridized carbons (Fsp3) is 1.00. The van der Waals surface area contributed by atoms with Crippen LogP contribution in [0.25, 0.3) is 0 Å². The highest BCUT2D eigenvalue weighted by Gasteiger charge is 1.89. The summed E-state index contributed by atoms with van der Waals surface area (Å²) < 4.78 is 0. The van der Waals surface area contributed by atoms with Crippen molar-refractivity contribution in [3.05, 3.63) is 4.91 Å². The van der Waals surface area contributed by atoms with E-state index in [2.05, 4.69) is 19.2 Å². The summed E-state index contributed by atoms with van der Waals surface area (Å²) in [7, 11) is 0. The summed E-state index contributed by atoms with van der Waals surface area (Å²) in [5, 5.41) is 11.4. The summed E-state index contributed by atoms with van der Waals surface area (Å²) in [6.07, 6.45) is 11.0. The molecule has 0 atom stereocenters. The molecule has 0 aromatic carbocycles. The van der Waals surface area contributed by atoms with Crippen molar-refractivity contribution >= 4 is 0 Å². The first-order valence-electron chi connectivity index (χ1n) is 6.50. The zero-order chi connectivity index (χ0) is 12.5. The monoisotopic (exact) mass is 232 g/mol. The Balaban J connectivity index is 0. The van der Waals surface area contributed by atoms with Gasteiger partial charge in [-0.15, -0.1) is 4.91 Å². The maximum atomic E-state index is 8.11. The summed E-state index contributed by atoms with van der Waals surface area (Å²) in [4.78, 5) is 8.11. The lowest BCUT2D eigenvalue weighted by molar-refractivity contribution is 0.312. The van der Waals surface area contributed by atoms with E-state index in [0.717, 1.165) is 0 Å². The highest BCUT2D eigenvalue weighted by Crippen LogP contribution is 1.98. The highest BCUT2D eigenvalue weighted by atomic mass is 16.6. The molecule has 0 spiro atoms. The van der Waals surface area contributed by atoms with Gasteiger partial charge in [0.25, 0.3) is 0 Å². The number of hydrogen-bond donors (Lipinski definition) is 2. The summed E-state index contributed by atoms with van der Waals surface area (Å²) in [6.45, 7) is 6.98. The van der Waals surface area contributed by atoms with Gasteiger partial charge in [-0.1, -0.05) is 52.4 Å². The Morgan fingerprint density at radius 2 is 1.25 bits per heavy atom. The van der Waals surface area contributed by atoms with Crippen LogP contribution in [0.3, 0.4) is 0 Å². The maximum Gasteiger partial charge on any atom is 0.152 e. The van der Waals surface area contributed by atoms with Gasteiger partial charge in [0.2, 0.25) is 0 Å². The molecule has 0 fully saturated rings. The van der Waals surface area contributed by atoms with Crippen molar-refractivity contribution < 1.29 is 5.21 Å². The molecule has 16 heavy (non-hydrogen) atoms. The minimum atomic E-state index is 1.23. The average Bonchev–Trinajstić information content (AvgIpc) is 2.28. The molecule has 0 heterocycles. The molecule has 2 N–H and O–H groups in total. The van der Waals surface area contributed by atoms with Gasteiger partial charge in [-0.3, -0.25) is 0 Å². The van der Waals surface area contributed by atoms with Crippen LogP contribution < -0.4 is 5.32 Å². The minimum Gasteiger partial charge on any atom is -0.379 e. The van der Waals surface area contributed by atoms with Crippen molar-refractivity contribution in [1.29, 1.82) is 0 Å². The number of unbranched alkanes of at least 4 members (excludes halogenated alkanes) is 6. The molecule has 4 nitrogen and oxygen atoms in total. The predicted octanol–water partition coefficient (Wildman–Crippen LogP) is 3.88. The molecule has 0 radical (unpaired) electrons. The van der Waals surface area contributed by atoms with Crippen molar-refractivity contribution in [2.75, 3.05) is 13.1 Å². The smallest absolute Gasteiger partial charge is 0.152 e. The van der Waals surface area contributed by atoms with Crippen LogP contribution in [0, 0.1) is 4.91 Å². The molecule has 0 aromatic heterocycles. The molecule has 0 aromatic rings. The molecule has 98 valence electrons. The van der Waals surface area contributed by atoms with Gasteiger partial charge in [0.1, 0.15) is 0 Å². The summed E-state index contributed by atoms with van der Waals surface area (Å²) in [5.74, 6) is 0. The van der Waals surface area contributed by atoms with E-state index in [9.17, 15) is 0 Å². The molecule has 4 heteroatoms. The molecule has 0 saturated carbocycles. The Morgan fingerprint density at radius 3 is 1.56 bits per heavy atom. The van der Waals surface area contributed by atoms with Crippen LogP contribution >= 0.6 is 0 Å². The van der Waals surface area contributed by atoms with Gasteiger partial charge in [-0.25, -0.2) is 0 Å². The summed E-state index contributed by atoms with van der Waals surface area (Å²) in [5.41, 5.74) is 0. The van der Waals surface area contributed by atoms with E-state index in [1.54, 1.807) is 0 Å². The first-order valence-corrected chi connectivity index (χ1v) is 6.50. The fourth-order valence-electron chi connectivity index (χ4n) is 1.48. The third-order valence-corrected chi connectivity index (χ3v) is 2.41. The molecule has 0 bridgehead atoms. The van der Waals surface area contributed by atoms with E-state index in [0.29, 0.717) is 0 Å². The third kappa shape index (κ3) is 23.3. The Bertz CT molecular complexity index is 112. The second-order valence-electron chi connectivity index (χ2n) is 3.95. The number of rotatable bonds is 10. The van der Waals surface area contributed by atoms with E-state index in [-0.39, 0.29) is 0 Å². The van der Waals surface area contributed by atoms with Crippen LogP contribution in [0.1, 0.15) is 65.2 Å². The normalized spacial score (nSPS) is 9.38. The number of hydrogen-bond acceptors (Lipinski definition) is 3. The molecule has 0 unspecified atom stereocenters. The summed E-state index contributed by atoms with van der Waals surface area (Å²) in [6, 6.07) is 0. The van der Waals surface area contributed by atoms with Crippen molar-refractivity contribution in [1.82, 2.24) is 5.32 Å². The van der Waals surface area contributed by atoms with Crippen LogP contribution in [-0.2, 0) is 0 Å². The van der Waals surface area contributed by atoms with Crippen molar-refractivity contribution in [2.45, 2.75) is 65.2 Å². The van der Waals surface area contributed by atoms with Crippen LogP contribution in [0.15, 0.2) is 5.34 Å². The lowest BCUT2D eigenvalue weighted by Crippen LogP contribution is -2.16. The Hall–Kier alpha value is -0.640. The van der Waals surface area contributed by atoms with Crippen molar-refractivity contribution in [3.63, 3.8) is 0 Å². The number of nitrogens with one attached hydrogen (secondary N) is 1. The molecule has 0 amide bonds. The average molecular weight is 232 g/mol. The van der Waals surface area contributed by atoms with Gasteiger partial charge in [-0.05, 0) is 25.9 Å². The van der Waals surface area contributed by atoms with Crippen LogP contribution in [-0.4, -0.2) is 18.3 Å². The Kier molecular flexibility index (Phi) is 22.0. The van der Waals surface area contributed by atoms with Crippen LogP contribution in [0.5, 0.6) is 0 Å². The van der Waals surface area contributed by atoms with Crippen molar-refractivity contribution in [3.8, 4) is 0 Å². The van der Waals surface area contributed by atoms with Crippen molar-refractivity contribution in [2.24, 2.45) is 5.34 Å². The van der Waals surface area contributed by atoms with Crippen LogP contribution in [0.2, 0.25) is 0 Å². The summed E-state index contributed by atoms with van der Waals surface area (Å²) >= 11 is 0. The first-order chi connectivity index (χ1) is 7.83. The maximum absolute atomic E-state index is 8.11. The minimum absolute atomic E-state index is 1.23. The Morgan fingerprint density at radius 1 is 0.875 bits per heavy atom. The molecular weight excluding hydrogens is 204 g/mol. The first kappa shape index (κ1) is 17.7. The van der Waals surface area contributed by atoms with E-state index < -0.39 is 0 Å². The molecule has 0 rings (SSSR count). The van der Waals surface area contributed by atoms with Crippen LogP contribution in [0.4, 0.5) is 0 Å².